The number of sulfonamides is 1. The summed E-state index contributed by atoms with van der Waals surface area (Å²) < 4.78 is 25.9. The van der Waals surface area contributed by atoms with Gasteiger partial charge < -0.3 is 10.2 Å². The lowest BCUT2D eigenvalue weighted by Gasteiger charge is -2.31. The van der Waals surface area contributed by atoms with Crippen molar-refractivity contribution in [2.24, 2.45) is 0 Å². The summed E-state index contributed by atoms with van der Waals surface area (Å²) in [7, 11) is -3.55. The van der Waals surface area contributed by atoms with E-state index in [0.717, 1.165) is 11.8 Å². The van der Waals surface area contributed by atoms with Crippen LogP contribution < -0.4 is 9.62 Å². The number of carbonyl (C=O) groups is 2. The van der Waals surface area contributed by atoms with Gasteiger partial charge in [-0.2, -0.15) is 0 Å². The van der Waals surface area contributed by atoms with Crippen molar-refractivity contribution >= 4 is 50.7 Å². The zero-order chi connectivity index (χ0) is 25.3. The minimum Gasteiger partial charge on any atom is -0.355 e. The molecule has 2 aromatic rings. The second-order valence-corrected chi connectivity index (χ2v) is 10.7. The highest BCUT2D eigenvalue weighted by molar-refractivity contribution is 7.92. The van der Waals surface area contributed by atoms with Crippen LogP contribution in [0.25, 0.3) is 0 Å². The molecule has 2 rings (SSSR count). The third kappa shape index (κ3) is 8.18. The molecule has 0 radical (unpaired) electrons. The minimum absolute atomic E-state index is 0.0864. The quantitative estimate of drug-likeness (QED) is 0.440. The highest BCUT2D eigenvalue weighted by Gasteiger charge is 2.28. The molecule has 0 aliphatic carbocycles. The van der Waals surface area contributed by atoms with Gasteiger partial charge in [0.25, 0.3) is 0 Å². The summed E-state index contributed by atoms with van der Waals surface area (Å²) in [6, 6.07) is 13.0. The number of halogens is 2. The van der Waals surface area contributed by atoms with Crippen LogP contribution in [0.5, 0.6) is 0 Å². The zero-order valence-corrected chi connectivity index (χ0v) is 22.0. The standard InChI is InChI=1S/C24H31Cl2N3O4S/c1-4-22(24(31)27-5-2)28(17-18-8-10-19(25)11-9-18)23(30)7-6-16-29(34(3,32)33)21-14-12-20(26)13-15-21/h8-15,22H,4-7,16-17H2,1-3H3,(H,27,31). The number of nitrogens with one attached hydrogen (secondary N) is 1. The normalized spacial score (nSPS) is 12.1. The van der Waals surface area contributed by atoms with E-state index in [4.69, 9.17) is 23.2 Å². The molecule has 1 N–H and O–H groups in total. The summed E-state index contributed by atoms with van der Waals surface area (Å²) in [5.74, 6) is -0.441. The molecule has 10 heteroatoms. The molecule has 0 fully saturated rings. The van der Waals surface area contributed by atoms with Gasteiger partial charge in [-0.25, -0.2) is 8.42 Å². The Kier molecular flexibility index (Phi) is 10.7. The Morgan fingerprint density at radius 2 is 1.53 bits per heavy atom. The van der Waals surface area contributed by atoms with Crippen LogP contribution in [0.1, 0.15) is 38.7 Å². The number of nitrogens with zero attached hydrogens (tertiary/aromatic N) is 2. The van der Waals surface area contributed by atoms with E-state index < -0.39 is 16.1 Å². The number of amides is 2. The van der Waals surface area contributed by atoms with Crippen LogP contribution in [0.4, 0.5) is 5.69 Å². The summed E-state index contributed by atoms with van der Waals surface area (Å²) in [6.07, 6.45) is 1.95. The first-order valence-electron chi connectivity index (χ1n) is 11.1. The van der Waals surface area contributed by atoms with Crippen molar-refractivity contribution in [2.45, 2.75) is 45.7 Å². The summed E-state index contributed by atoms with van der Waals surface area (Å²) in [5, 5.41) is 3.88. The SMILES string of the molecule is CCNC(=O)C(CC)N(Cc1ccc(Cl)cc1)C(=O)CCCN(c1ccc(Cl)cc1)S(C)(=O)=O. The number of rotatable bonds is 12. The van der Waals surface area contributed by atoms with Crippen LogP contribution in [0.15, 0.2) is 48.5 Å². The van der Waals surface area contributed by atoms with Crippen molar-refractivity contribution in [2.75, 3.05) is 23.7 Å². The van der Waals surface area contributed by atoms with Gasteiger partial charge in [-0.15, -0.1) is 0 Å². The summed E-state index contributed by atoms with van der Waals surface area (Å²) in [4.78, 5) is 27.5. The fraction of sp³-hybridized carbons (Fsp3) is 0.417. The average molecular weight is 529 g/mol. The maximum absolute atomic E-state index is 13.3. The molecule has 2 amide bonds. The first-order valence-corrected chi connectivity index (χ1v) is 13.7. The van der Waals surface area contributed by atoms with E-state index in [0.29, 0.717) is 28.7 Å². The third-order valence-electron chi connectivity index (χ3n) is 5.27. The maximum Gasteiger partial charge on any atom is 0.242 e. The van der Waals surface area contributed by atoms with E-state index in [1.165, 1.54) is 4.31 Å². The molecule has 0 saturated carbocycles. The van der Waals surface area contributed by atoms with Gasteiger partial charge in [0, 0.05) is 36.1 Å². The van der Waals surface area contributed by atoms with E-state index in [-0.39, 0.29) is 37.7 Å². The lowest BCUT2D eigenvalue weighted by atomic mass is 10.1. The molecular weight excluding hydrogens is 497 g/mol. The first kappa shape index (κ1) is 28.0. The van der Waals surface area contributed by atoms with Gasteiger partial charge in [0.05, 0.1) is 11.9 Å². The number of hydrogen-bond donors (Lipinski definition) is 1. The van der Waals surface area contributed by atoms with Crippen molar-refractivity contribution in [3.8, 4) is 0 Å². The monoisotopic (exact) mass is 527 g/mol. The number of benzene rings is 2. The van der Waals surface area contributed by atoms with Gasteiger partial charge in [-0.1, -0.05) is 42.3 Å². The Bertz CT molecular complexity index is 1060. The van der Waals surface area contributed by atoms with Gasteiger partial charge in [0.2, 0.25) is 21.8 Å². The number of carbonyl (C=O) groups excluding carboxylic acids is 2. The molecule has 34 heavy (non-hydrogen) atoms. The van der Waals surface area contributed by atoms with Gasteiger partial charge in [-0.05, 0) is 61.7 Å². The largest absolute Gasteiger partial charge is 0.355 e. The second-order valence-electron chi connectivity index (χ2n) is 7.88. The summed E-state index contributed by atoms with van der Waals surface area (Å²) in [5.41, 5.74) is 1.32. The van der Waals surface area contributed by atoms with Crippen LogP contribution >= 0.6 is 23.2 Å². The molecule has 186 valence electrons. The van der Waals surface area contributed by atoms with Crippen LogP contribution in [0.2, 0.25) is 10.0 Å². The number of likely N-dealkylation sites (N-methyl/N-ethyl adjacent to an activating group) is 1. The molecule has 0 aliphatic heterocycles. The Morgan fingerprint density at radius 3 is 2.03 bits per heavy atom. The molecule has 7 nitrogen and oxygen atoms in total. The molecule has 2 aromatic carbocycles. The minimum atomic E-state index is -3.55. The highest BCUT2D eigenvalue weighted by atomic mass is 35.5. The number of anilines is 1. The van der Waals surface area contributed by atoms with E-state index in [9.17, 15) is 18.0 Å². The average Bonchev–Trinajstić information content (AvgIpc) is 2.78. The van der Waals surface area contributed by atoms with Crippen LogP contribution in [0.3, 0.4) is 0 Å². The molecule has 0 heterocycles. The van der Waals surface area contributed by atoms with Crippen molar-refractivity contribution in [3.05, 3.63) is 64.1 Å². The Labute approximate surface area is 212 Å². The zero-order valence-electron chi connectivity index (χ0n) is 19.6. The Balaban J connectivity index is 2.18. The molecule has 0 bridgehead atoms. The summed E-state index contributed by atoms with van der Waals surface area (Å²) >= 11 is 11.9. The van der Waals surface area contributed by atoms with Gasteiger partial charge in [0.15, 0.2) is 0 Å². The van der Waals surface area contributed by atoms with Crippen molar-refractivity contribution in [1.29, 1.82) is 0 Å². The fourth-order valence-electron chi connectivity index (χ4n) is 3.61. The van der Waals surface area contributed by atoms with Crippen LogP contribution in [0, 0.1) is 0 Å². The molecule has 0 aromatic heterocycles. The molecule has 1 atom stereocenters. The lowest BCUT2D eigenvalue weighted by Crippen LogP contribution is -2.49. The van der Waals surface area contributed by atoms with Crippen LogP contribution in [-0.2, 0) is 26.2 Å². The number of hydrogen-bond acceptors (Lipinski definition) is 4. The fourth-order valence-corrected chi connectivity index (χ4v) is 4.83. The summed E-state index contributed by atoms with van der Waals surface area (Å²) in [6.45, 7) is 4.51. The van der Waals surface area contributed by atoms with E-state index in [2.05, 4.69) is 5.32 Å². The third-order valence-corrected chi connectivity index (χ3v) is 6.97. The predicted molar refractivity (Wildman–Crippen MR) is 138 cm³/mol. The van der Waals surface area contributed by atoms with Gasteiger partial charge >= 0.3 is 0 Å². The second kappa shape index (κ2) is 13.0. The van der Waals surface area contributed by atoms with Crippen molar-refractivity contribution < 1.29 is 18.0 Å². The van der Waals surface area contributed by atoms with E-state index in [1.807, 2.05) is 26.0 Å². The molecule has 1 unspecified atom stereocenters. The molecule has 0 spiro atoms. The molecule has 0 saturated heterocycles. The van der Waals surface area contributed by atoms with Gasteiger partial charge in [0.1, 0.15) is 6.04 Å². The maximum atomic E-state index is 13.3. The first-order chi connectivity index (χ1) is 16.1. The molecular formula is C24H31Cl2N3O4S. The Morgan fingerprint density at radius 1 is 0.971 bits per heavy atom. The van der Waals surface area contributed by atoms with Crippen molar-refractivity contribution in [1.82, 2.24) is 10.2 Å². The smallest absolute Gasteiger partial charge is 0.242 e. The Hall–Kier alpha value is -2.29. The highest BCUT2D eigenvalue weighted by Crippen LogP contribution is 2.22. The van der Waals surface area contributed by atoms with Crippen LogP contribution in [-0.4, -0.2) is 50.5 Å². The molecule has 0 aliphatic rings. The lowest BCUT2D eigenvalue weighted by molar-refractivity contribution is -0.141. The topological polar surface area (TPSA) is 86.8 Å². The van der Waals surface area contributed by atoms with E-state index in [1.54, 1.807) is 41.3 Å². The van der Waals surface area contributed by atoms with Gasteiger partial charge in [-0.3, -0.25) is 13.9 Å². The van der Waals surface area contributed by atoms with Crippen molar-refractivity contribution in [3.63, 3.8) is 0 Å². The van der Waals surface area contributed by atoms with E-state index >= 15 is 0 Å². The predicted octanol–water partition coefficient (Wildman–Crippen LogP) is 4.48.